The van der Waals surface area contributed by atoms with Gasteiger partial charge in [-0.15, -0.1) is 0 Å². The monoisotopic (exact) mass is 283 g/mol. The molecule has 0 bridgehead atoms. The Morgan fingerprint density at radius 2 is 1.85 bits per heavy atom. The van der Waals surface area contributed by atoms with Crippen LogP contribution in [0.4, 0.5) is 10.1 Å². The first-order valence-corrected chi connectivity index (χ1v) is 6.58. The first kappa shape index (κ1) is 14.8. The molecule has 2 rings (SSSR count). The van der Waals surface area contributed by atoms with E-state index in [1.54, 1.807) is 0 Å². The van der Waals surface area contributed by atoms with E-state index in [1.807, 2.05) is 0 Å². The Hall–Kier alpha value is -1.57. The number of hydrogen-bond acceptors (Lipinski definition) is 5. The summed E-state index contributed by atoms with van der Waals surface area (Å²) >= 11 is 0. The number of rotatable bonds is 5. The van der Waals surface area contributed by atoms with Crippen LogP contribution in [-0.2, 0) is 6.54 Å². The largest absolute Gasteiger partial charge is 0.395 e. The van der Waals surface area contributed by atoms with Gasteiger partial charge >= 0.3 is 0 Å². The molecule has 1 N–H and O–H groups in total. The van der Waals surface area contributed by atoms with Gasteiger partial charge in [0.25, 0.3) is 5.69 Å². The number of hydrogen-bond donors (Lipinski definition) is 1. The van der Waals surface area contributed by atoms with Crippen LogP contribution in [0.1, 0.15) is 5.56 Å². The summed E-state index contributed by atoms with van der Waals surface area (Å²) < 4.78 is 13.3. The zero-order chi connectivity index (χ0) is 14.5. The standard InChI is InChI=1S/C13H18FN3O3/c14-12-7-11(8-13(9-12)17(19)20)10-16-3-1-15(2-4-16)5-6-18/h7-9,18H,1-6,10H2. The molecule has 0 atom stereocenters. The molecule has 1 fully saturated rings. The fourth-order valence-electron chi connectivity index (χ4n) is 2.40. The van der Waals surface area contributed by atoms with E-state index in [-0.39, 0.29) is 12.3 Å². The van der Waals surface area contributed by atoms with E-state index in [9.17, 15) is 14.5 Å². The minimum atomic E-state index is -0.578. The van der Waals surface area contributed by atoms with Crippen LogP contribution in [0.5, 0.6) is 0 Å². The summed E-state index contributed by atoms with van der Waals surface area (Å²) in [5.41, 5.74) is 0.409. The molecular formula is C13H18FN3O3. The average Bonchev–Trinajstić information content (AvgIpc) is 2.40. The van der Waals surface area contributed by atoms with Crippen molar-refractivity contribution in [1.82, 2.24) is 9.80 Å². The summed E-state index contributed by atoms with van der Waals surface area (Å²) in [6.45, 7) is 4.63. The molecule has 1 aromatic carbocycles. The lowest BCUT2D eigenvalue weighted by Crippen LogP contribution is -2.46. The lowest BCUT2D eigenvalue weighted by atomic mass is 10.1. The molecule has 20 heavy (non-hydrogen) atoms. The molecule has 0 radical (unpaired) electrons. The minimum absolute atomic E-state index is 0.149. The van der Waals surface area contributed by atoms with Crippen molar-refractivity contribution in [2.75, 3.05) is 39.3 Å². The van der Waals surface area contributed by atoms with Crippen LogP contribution in [-0.4, -0.2) is 59.2 Å². The predicted molar refractivity (Wildman–Crippen MR) is 71.9 cm³/mol. The molecule has 6 nitrogen and oxygen atoms in total. The lowest BCUT2D eigenvalue weighted by Gasteiger charge is -2.34. The Labute approximate surface area is 116 Å². The van der Waals surface area contributed by atoms with Crippen molar-refractivity contribution >= 4 is 5.69 Å². The van der Waals surface area contributed by atoms with E-state index < -0.39 is 10.7 Å². The van der Waals surface area contributed by atoms with Gasteiger partial charge in [0, 0.05) is 45.3 Å². The number of aliphatic hydroxyl groups excluding tert-OH is 1. The van der Waals surface area contributed by atoms with Crippen molar-refractivity contribution in [2.24, 2.45) is 0 Å². The summed E-state index contributed by atoms with van der Waals surface area (Å²) in [4.78, 5) is 14.4. The number of nitro benzene ring substituents is 1. The fourth-order valence-corrected chi connectivity index (χ4v) is 2.40. The Bertz CT molecular complexity index is 476. The number of aliphatic hydroxyl groups is 1. The molecule has 1 aliphatic rings. The minimum Gasteiger partial charge on any atom is -0.395 e. The molecule has 1 saturated heterocycles. The number of β-amino-alcohol motifs (C(OH)–C–C–N with tert-alkyl or cyclic N) is 1. The van der Waals surface area contributed by atoms with Gasteiger partial charge in [0.2, 0.25) is 0 Å². The average molecular weight is 283 g/mol. The third-order valence-electron chi connectivity index (χ3n) is 3.44. The van der Waals surface area contributed by atoms with Crippen molar-refractivity contribution < 1.29 is 14.4 Å². The third kappa shape index (κ3) is 3.96. The molecule has 0 amide bonds. The molecule has 110 valence electrons. The normalized spacial score (nSPS) is 17.3. The van der Waals surface area contributed by atoms with Crippen LogP contribution in [0.2, 0.25) is 0 Å². The highest BCUT2D eigenvalue weighted by Gasteiger charge is 2.18. The molecule has 0 aliphatic carbocycles. The number of benzene rings is 1. The van der Waals surface area contributed by atoms with Crippen molar-refractivity contribution in [3.8, 4) is 0 Å². The molecule has 0 aromatic heterocycles. The summed E-state index contributed by atoms with van der Waals surface area (Å²) in [5, 5.41) is 19.6. The maximum atomic E-state index is 13.3. The second-order valence-corrected chi connectivity index (χ2v) is 4.92. The highest BCUT2D eigenvalue weighted by Crippen LogP contribution is 2.18. The van der Waals surface area contributed by atoms with Crippen LogP contribution in [0.15, 0.2) is 18.2 Å². The van der Waals surface area contributed by atoms with Crippen LogP contribution in [0.25, 0.3) is 0 Å². The van der Waals surface area contributed by atoms with E-state index in [2.05, 4.69) is 9.80 Å². The molecule has 1 heterocycles. The quantitative estimate of drug-likeness (QED) is 0.640. The first-order chi connectivity index (χ1) is 9.58. The Morgan fingerprint density at radius 1 is 1.20 bits per heavy atom. The predicted octanol–water partition coefficient (Wildman–Crippen LogP) is 0.844. The van der Waals surface area contributed by atoms with Crippen LogP contribution >= 0.6 is 0 Å². The van der Waals surface area contributed by atoms with Crippen LogP contribution < -0.4 is 0 Å². The molecular weight excluding hydrogens is 265 g/mol. The molecule has 0 spiro atoms. The van der Waals surface area contributed by atoms with Crippen LogP contribution in [0.3, 0.4) is 0 Å². The highest BCUT2D eigenvalue weighted by molar-refractivity contribution is 5.35. The van der Waals surface area contributed by atoms with Crippen molar-refractivity contribution in [2.45, 2.75) is 6.54 Å². The number of nitrogens with zero attached hydrogens (tertiary/aromatic N) is 3. The SMILES string of the molecule is O=[N+]([O-])c1cc(F)cc(CN2CCN(CCO)CC2)c1. The van der Waals surface area contributed by atoms with Crippen LogP contribution in [0, 0.1) is 15.9 Å². The maximum Gasteiger partial charge on any atom is 0.272 e. The van der Waals surface area contributed by atoms with E-state index in [4.69, 9.17) is 5.11 Å². The lowest BCUT2D eigenvalue weighted by molar-refractivity contribution is -0.385. The smallest absolute Gasteiger partial charge is 0.272 e. The maximum absolute atomic E-state index is 13.3. The zero-order valence-electron chi connectivity index (χ0n) is 11.2. The van der Waals surface area contributed by atoms with E-state index in [1.165, 1.54) is 12.1 Å². The molecule has 1 aliphatic heterocycles. The fraction of sp³-hybridized carbons (Fsp3) is 0.538. The Kier molecular flexibility index (Phi) is 4.99. The molecule has 7 heteroatoms. The van der Waals surface area contributed by atoms with Gasteiger partial charge in [-0.2, -0.15) is 0 Å². The summed E-state index contributed by atoms with van der Waals surface area (Å²) in [7, 11) is 0. The summed E-state index contributed by atoms with van der Waals surface area (Å²) in [6, 6.07) is 3.69. The highest BCUT2D eigenvalue weighted by atomic mass is 19.1. The number of piperazine rings is 1. The van der Waals surface area contributed by atoms with E-state index in [0.29, 0.717) is 18.7 Å². The second kappa shape index (κ2) is 6.74. The van der Waals surface area contributed by atoms with Crippen molar-refractivity contribution in [3.05, 3.63) is 39.7 Å². The second-order valence-electron chi connectivity index (χ2n) is 4.92. The number of nitro groups is 1. The number of non-ortho nitro benzene ring substituents is 1. The van der Waals surface area contributed by atoms with Gasteiger partial charge in [-0.05, 0) is 11.6 Å². The Balaban J connectivity index is 1.96. The third-order valence-corrected chi connectivity index (χ3v) is 3.44. The van der Waals surface area contributed by atoms with Crippen molar-refractivity contribution in [3.63, 3.8) is 0 Å². The Morgan fingerprint density at radius 3 is 2.45 bits per heavy atom. The van der Waals surface area contributed by atoms with E-state index >= 15 is 0 Å². The van der Waals surface area contributed by atoms with Gasteiger partial charge < -0.3 is 5.11 Å². The van der Waals surface area contributed by atoms with Gasteiger partial charge in [0.15, 0.2) is 0 Å². The molecule has 1 aromatic rings. The van der Waals surface area contributed by atoms with Gasteiger partial charge in [-0.3, -0.25) is 19.9 Å². The van der Waals surface area contributed by atoms with Gasteiger partial charge in [-0.25, -0.2) is 4.39 Å². The van der Waals surface area contributed by atoms with E-state index in [0.717, 1.165) is 32.2 Å². The van der Waals surface area contributed by atoms with Crippen molar-refractivity contribution in [1.29, 1.82) is 0 Å². The zero-order valence-corrected chi connectivity index (χ0v) is 11.2. The number of halogens is 1. The summed E-state index contributed by atoms with van der Waals surface area (Å²) in [6.07, 6.45) is 0. The van der Waals surface area contributed by atoms with Gasteiger partial charge in [0.1, 0.15) is 5.82 Å². The topological polar surface area (TPSA) is 69.9 Å². The first-order valence-electron chi connectivity index (χ1n) is 6.58. The summed E-state index contributed by atoms with van der Waals surface area (Å²) in [5.74, 6) is -0.576. The van der Waals surface area contributed by atoms with Gasteiger partial charge in [0.05, 0.1) is 17.6 Å². The molecule has 0 saturated carbocycles. The molecule has 0 unspecified atom stereocenters. The van der Waals surface area contributed by atoms with Gasteiger partial charge in [-0.1, -0.05) is 0 Å².